The molecule has 1 aromatic heterocycles. The van der Waals surface area contributed by atoms with Crippen LogP contribution in [-0.4, -0.2) is 23.8 Å². The molecule has 21 heavy (non-hydrogen) atoms. The average molecular weight is 326 g/mol. The molecule has 0 saturated heterocycles. The zero-order chi connectivity index (χ0) is 15.2. The first-order valence-electron chi connectivity index (χ1n) is 6.84. The molecule has 0 unspecified atom stereocenters. The van der Waals surface area contributed by atoms with E-state index in [4.69, 9.17) is 27.9 Å². The van der Waals surface area contributed by atoms with E-state index in [1.54, 1.807) is 13.3 Å². The van der Waals surface area contributed by atoms with Crippen molar-refractivity contribution in [3.8, 4) is 5.75 Å². The second kappa shape index (κ2) is 7.62. The summed E-state index contributed by atoms with van der Waals surface area (Å²) in [5, 5.41) is 1.38. The van der Waals surface area contributed by atoms with Crippen molar-refractivity contribution in [2.24, 2.45) is 0 Å². The molecule has 2 rings (SSSR count). The minimum atomic E-state index is 0.158. The summed E-state index contributed by atoms with van der Waals surface area (Å²) in [5.41, 5.74) is 1.55. The Kier molecular flexibility index (Phi) is 5.83. The lowest BCUT2D eigenvalue weighted by atomic mass is 10.0. The van der Waals surface area contributed by atoms with E-state index in [1.165, 1.54) is 0 Å². The molecule has 0 N–H and O–H groups in total. The van der Waals surface area contributed by atoms with E-state index in [-0.39, 0.29) is 5.78 Å². The molecule has 0 aliphatic carbocycles. The van der Waals surface area contributed by atoms with Crippen molar-refractivity contribution in [2.75, 3.05) is 13.0 Å². The summed E-state index contributed by atoms with van der Waals surface area (Å²) in [4.78, 5) is 16.3. The van der Waals surface area contributed by atoms with Crippen molar-refractivity contribution >= 4 is 39.9 Å². The second-order valence-electron chi connectivity index (χ2n) is 4.84. The summed E-state index contributed by atoms with van der Waals surface area (Å²) in [5.74, 6) is 1.47. The number of carbonyl (C=O) groups is 1. The minimum absolute atomic E-state index is 0.158. The molecule has 2 aromatic rings. The molecule has 0 bridgehead atoms. The molecule has 1 aromatic carbocycles. The topological polar surface area (TPSA) is 39.2 Å². The molecule has 5 heteroatoms. The van der Waals surface area contributed by atoms with E-state index in [1.807, 2.05) is 18.2 Å². The lowest BCUT2D eigenvalue weighted by Gasteiger charge is -2.08. The van der Waals surface area contributed by atoms with E-state index >= 15 is 0 Å². The first-order valence-corrected chi connectivity index (χ1v) is 7.75. The molecule has 0 amide bonds. The summed E-state index contributed by atoms with van der Waals surface area (Å²) in [6.45, 7) is 0. The number of rotatable bonds is 7. The number of carbonyl (C=O) groups excluding carboxylic acids is 1. The molecule has 0 spiro atoms. The van der Waals surface area contributed by atoms with Crippen molar-refractivity contribution < 1.29 is 9.53 Å². The van der Waals surface area contributed by atoms with Gasteiger partial charge in [0.15, 0.2) is 0 Å². The van der Waals surface area contributed by atoms with Crippen molar-refractivity contribution in [1.82, 2.24) is 4.98 Å². The van der Waals surface area contributed by atoms with E-state index in [2.05, 4.69) is 4.98 Å². The van der Waals surface area contributed by atoms with Gasteiger partial charge in [0.1, 0.15) is 11.5 Å². The van der Waals surface area contributed by atoms with Gasteiger partial charge in [0.05, 0.1) is 17.6 Å². The number of nitrogens with zero attached hydrogens (tertiary/aromatic N) is 1. The number of halogens is 2. The molecule has 0 fully saturated rings. The highest BCUT2D eigenvalue weighted by Crippen LogP contribution is 2.29. The van der Waals surface area contributed by atoms with Crippen LogP contribution in [-0.2, 0) is 11.2 Å². The van der Waals surface area contributed by atoms with Crippen LogP contribution in [0.15, 0.2) is 24.4 Å². The molecule has 3 nitrogen and oxygen atoms in total. The maximum atomic E-state index is 11.9. The van der Waals surface area contributed by atoms with Crippen LogP contribution in [0.3, 0.4) is 0 Å². The summed E-state index contributed by atoms with van der Waals surface area (Å²) >= 11 is 12.0. The Balaban J connectivity index is 2.20. The summed E-state index contributed by atoms with van der Waals surface area (Å²) < 4.78 is 5.20. The number of hydrogen-bond donors (Lipinski definition) is 0. The zero-order valence-corrected chi connectivity index (χ0v) is 13.4. The standard InChI is InChI=1S/C16H17Cl2NO2/c1-21-13-5-6-15-14(9-13)16(18)11(10-19-15)8-12(20)4-2-3-7-17/h5-6,9-10H,2-4,7-8H2,1H3. The van der Waals surface area contributed by atoms with Crippen LogP contribution in [0, 0.1) is 0 Å². The van der Waals surface area contributed by atoms with Crippen LogP contribution in [0.1, 0.15) is 24.8 Å². The van der Waals surface area contributed by atoms with Crippen LogP contribution in [0.2, 0.25) is 5.02 Å². The maximum absolute atomic E-state index is 11.9. The average Bonchev–Trinajstić information content (AvgIpc) is 2.50. The number of pyridine rings is 1. The van der Waals surface area contributed by atoms with E-state index < -0.39 is 0 Å². The predicted molar refractivity (Wildman–Crippen MR) is 86.6 cm³/mol. The number of fused-ring (bicyclic) bond motifs is 1. The Hall–Kier alpha value is -1.32. The number of aromatic nitrogens is 1. The molecule has 112 valence electrons. The second-order valence-corrected chi connectivity index (χ2v) is 5.60. The highest BCUT2D eigenvalue weighted by molar-refractivity contribution is 6.36. The van der Waals surface area contributed by atoms with Crippen molar-refractivity contribution in [2.45, 2.75) is 25.7 Å². The van der Waals surface area contributed by atoms with Crippen molar-refractivity contribution in [1.29, 1.82) is 0 Å². The largest absolute Gasteiger partial charge is 0.497 e. The third-order valence-corrected chi connectivity index (χ3v) is 4.02. The molecular formula is C16H17Cl2NO2. The van der Waals surface area contributed by atoms with Gasteiger partial charge in [-0.1, -0.05) is 11.6 Å². The number of alkyl halides is 1. The van der Waals surface area contributed by atoms with Crippen LogP contribution in [0.4, 0.5) is 0 Å². The van der Waals surface area contributed by atoms with Gasteiger partial charge in [-0.25, -0.2) is 0 Å². The first kappa shape index (κ1) is 16.1. The molecular weight excluding hydrogens is 309 g/mol. The number of ether oxygens (including phenoxy) is 1. The lowest BCUT2D eigenvalue weighted by Crippen LogP contribution is -2.04. The van der Waals surface area contributed by atoms with Gasteiger partial charge in [-0.15, -0.1) is 11.6 Å². The minimum Gasteiger partial charge on any atom is -0.497 e. The van der Waals surface area contributed by atoms with E-state index in [9.17, 15) is 4.79 Å². The zero-order valence-electron chi connectivity index (χ0n) is 11.9. The summed E-state index contributed by atoms with van der Waals surface area (Å²) in [6.07, 6.45) is 4.18. The monoisotopic (exact) mass is 325 g/mol. The third-order valence-electron chi connectivity index (χ3n) is 3.31. The first-order chi connectivity index (χ1) is 10.2. The van der Waals surface area contributed by atoms with Gasteiger partial charge < -0.3 is 4.74 Å². The van der Waals surface area contributed by atoms with Crippen LogP contribution in [0.25, 0.3) is 10.9 Å². The van der Waals surface area contributed by atoms with Gasteiger partial charge in [0.25, 0.3) is 0 Å². The van der Waals surface area contributed by atoms with Crippen LogP contribution in [0.5, 0.6) is 5.75 Å². The summed E-state index contributed by atoms with van der Waals surface area (Å²) in [6, 6.07) is 5.53. The number of ketones is 1. The Morgan fingerprint density at radius 2 is 2.14 bits per heavy atom. The predicted octanol–water partition coefficient (Wildman–Crippen LogP) is 4.42. The van der Waals surface area contributed by atoms with Gasteiger partial charge in [0, 0.05) is 30.3 Å². The highest BCUT2D eigenvalue weighted by atomic mass is 35.5. The van der Waals surface area contributed by atoms with E-state index in [0.29, 0.717) is 23.7 Å². The fourth-order valence-corrected chi connectivity index (χ4v) is 2.60. The van der Waals surface area contributed by atoms with Crippen molar-refractivity contribution in [3.63, 3.8) is 0 Å². The van der Waals surface area contributed by atoms with Gasteiger partial charge >= 0.3 is 0 Å². The number of hydrogen-bond acceptors (Lipinski definition) is 3. The van der Waals surface area contributed by atoms with Gasteiger partial charge in [-0.05, 0) is 36.6 Å². The molecule has 1 heterocycles. The molecule has 0 radical (unpaired) electrons. The SMILES string of the molecule is COc1ccc2ncc(CC(=O)CCCCCl)c(Cl)c2c1. The number of unbranched alkanes of at least 4 members (excludes halogenated alkanes) is 1. The normalized spacial score (nSPS) is 10.8. The highest BCUT2D eigenvalue weighted by Gasteiger charge is 2.11. The Labute approximate surface area is 134 Å². The summed E-state index contributed by atoms with van der Waals surface area (Å²) in [7, 11) is 1.60. The fraction of sp³-hybridized carbons (Fsp3) is 0.375. The van der Waals surface area contributed by atoms with Gasteiger partial charge in [0.2, 0.25) is 0 Å². The van der Waals surface area contributed by atoms with Gasteiger partial charge in [-0.2, -0.15) is 0 Å². The number of Topliss-reactive ketones (excluding diaryl/α,β-unsaturated/α-hetero) is 1. The quantitative estimate of drug-likeness (QED) is 0.558. The van der Waals surface area contributed by atoms with Gasteiger partial charge in [-0.3, -0.25) is 9.78 Å². The lowest BCUT2D eigenvalue weighted by molar-refractivity contribution is -0.118. The number of methoxy groups -OCH3 is 1. The Morgan fingerprint density at radius 1 is 1.33 bits per heavy atom. The van der Waals surface area contributed by atoms with Crippen molar-refractivity contribution in [3.05, 3.63) is 35.0 Å². The van der Waals surface area contributed by atoms with E-state index in [0.717, 1.165) is 35.1 Å². The fourth-order valence-electron chi connectivity index (χ4n) is 2.15. The molecule has 0 saturated carbocycles. The Bertz CT molecular complexity index is 643. The Morgan fingerprint density at radius 3 is 2.86 bits per heavy atom. The molecule has 0 atom stereocenters. The maximum Gasteiger partial charge on any atom is 0.137 e. The third kappa shape index (κ3) is 4.08. The van der Waals surface area contributed by atoms with Crippen LogP contribution >= 0.6 is 23.2 Å². The van der Waals surface area contributed by atoms with Crippen LogP contribution < -0.4 is 4.74 Å². The molecule has 0 aliphatic heterocycles. The smallest absolute Gasteiger partial charge is 0.137 e. The number of benzene rings is 1. The molecule has 0 aliphatic rings.